The van der Waals surface area contributed by atoms with Gasteiger partial charge in [0.2, 0.25) is 5.82 Å². The van der Waals surface area contributed by atoms with Crippen LogP contribution in [0.1, 0.15) is 38.8 Å². The number of carbonyl (C=O) groups excluding carboxylic acids is 1. The van der Waals surface area contributed by atoms with E-state index in [4.69, 9.17) is 9.47 Å². The maximum atomic E-state index is 13.7. The first kappa shape index (κ1) is 15.4. The molecule has 0 amide bonds. The Morgan fingerprint density at radius 1 is 1.52 bits per heavy atom. The summed E-state index contributed by atoms with van der Waals surface area (Å²) in [5, 5.41) is 0. The molecule has 1 fully saturated rings. The van der Waals surface area contributed by atoms with Gasteiger partial charge in [-0.25, -0.2) is 9.36 Å². The third-order valence-corrected chi connectivity index (χ3v) is 3.18. The molecule has 2 rings (SSSR count). The molecule has 1 aliphatic heterocycles. The molecule has 0 aromatic carbocycles. The highest BCUT2D eigenvalue weighted by molar-refractivity contribution is 5.68. The molecule has 8 heteroatoms. The van der Waals surface area contributed by atoms with Gasteiger partial charge in [0, 0.05) is 13.0 Å². The Kier molecular flexibility index (Phi) is 4.89. The predicted molar refractivity (Wildman–Crippen MR) is 70.1 cm³/mol. The first-order chi connectivity index (χ1) is 10.0. The van der Waals surface area contributed by atoms with Crippen molar-refractivity contribution in [2.75, 3.05) is 6.61 Å². The van der Waals surface area contributed by atoms with E-state index in [0.717, 1.165) is 17.2 Å². The second-order valence-corrected chi connectivity index (χ2v) is 4.76. The summed E-state index contributed by atoms with van der Waals surface area (Å²) < 4.78 is 25.4. The Balaban J connectivity index is 2.29. The minimum Gasteiger partial charge on any atom is -0.444 e. The fourth-order valence-electron chi connectivity index (χ4n) is 2.10. The van der Waals surface area contributed by atoms with Crippen molar-refractivity contribution in [2.45, 2.75) is 45.6 Å². The zero-order valence-electron chi connectivity index (χ0n) is 11.7. The standard InChI is InChI=1S/C13H17FN2O5/c1-2-4-11(17)21-8-16-12(18)9(14)7-15(13(16)19)10-5-3-6-20-10/h7,10H,2-6,8H2,1H3/t10-/m1/s1. The van der Waals surface area contributed by atoms with Crippen molar-refractivity contribution >= 4 is 5.97 Å². The summed E-state index contributed by atoms with van der Waals surface area (Å²) in [6.07, 6.45) is 2.31. The first-order valence-electron chi connectivity index (χ1n) is 6.83. The predicted octanol–water partition coefficient (Wildman–Crippen LogP) is 0.759. The lowest BCUT2D eigenvalue weighted by Gasteiger charge is -2.15. The number of hydrogen-bond donors (Lipinski definition) is 0. The molecule has 1 aromatic heterocycles. The number of nitrogens with zero attached hydrogens (tertiary/aromatic N) is 2. The first-order valence-corrected chi connectivity index (χ1v) is 6.83. The molecule has 0 aliphatic carbocycles. The molecule has 7 nitrogen and oxygen atoms in total. The molecular weight excluding hydrogens is 283 g/mol. The van der Waals surface area contributed by atoms with Gasteiger partial charge in [0.25, 0.3) is 5.56 Å². The van der Waals surface area contributed by atoms with Crippen LogP contribution in [0.15, 0.2) is 15.8 Å². The van der Waals surface area contributed by atoms with Crippen LogP contribution in [0, 0.1) is 5.82 Å². The average Bonchev–Trinajstić information content (AvgIpc) is 2.97. The maximum Gasteiger partial charge on any atom is 0.336 e. The van der Waals surface area contributed by atoms with E-state index < -0.39 is 36.0 Å². The molecular formula is C13H17FN2O5. The lowest BCUT2D eigenvalue weighted by atomic mass is 10.3. The van der Waals surface area contributed by atoms with Gasteiger partial charge in [0.15, 0.2) is 6.73 Å². The average molecular weight is 300 g/mol. The highest BCUT2D eigenvalue weighted by Gasteiger charge is 2.22. The van der Waals surface area contributed by atoms with Gasteiger partial charge in [-0.1, -0.05) is 6.92 Å². The van der Waals surface area contributed by atoms with Crippen LogP contribution in [0.5, 0.6) is 0 Å². The van der Waals surface area contributed by atoms with E-state index in [9.17, 15) is 18.8 Å². The maximum absolute atomic E-state index is 13.7. The van der Waals surface area contributed by atoms with Crippen molar-refractivity contribution in [2.24, 2.45) is 0 Å². The topological polar surface area (TPSA) is 79.5 Å². The van der Waals surface area contributed by atoms with Gasteiger partial charge in [0.1, 0.15) is 6.23 Å². The summed E-state index contributed by atoms with van der Waals surface area (Å²) in [5.41, 5.74) is -1.86. The van der Waals surface area contributed by atoms with E-state index in [2.05, 4.69) is 0 Å². The van der Waals surface area contributed by atoms with Crippen LogP contribution in [-0.4, -0.2) is 21.7 Å². The summed E-state index contributed by atoms with van der Waals surface area (Å²) in [4.78, 5) is 35.2. The van der Waals surface area contributed by atoms with Gasteiger partial charge < -0.3 is 9.47 Å². The summed E-state index contributed by atoms with van der Waals surface area (Å²) in [6, 6.07) is 0. The van der Waals surface area contributed by atoms with Crippen LogP contribution in [0.4, 0.5) is 4.39 Å². The minimum atomic E-state index is -1.11. The lowest BCUT2D eigenvalue weighted by molar-refractivity contribution is -0.147. The highest BCUT2D eigenvalue weighted by atomic mass is 19.1. The second-order valence-electron chi connectivity index (χ2n) is 4.76. The molecule has 0 N–H and O–H groups in total. The van der Waals surface area contributed by atoms with Gasteiger partial charge in [-0.3, -0.25) is 14.2 Å². The van der Waals surface area contributed by atoms with Crippen molar-refractivity contribution in [1.82, 2.24) is 9.13 Å². The van der Waals surface area contributed by atoms with Crippen LogP contribution in [0.3, 0.4) is 0 Å². The Labute approximate surface area is 119 Å². The number of aromatic nitrogens is 2. The zero-order chi connectivity index (χ0) is 15.4. The molecule has 0 bridgehead atoms. The molecule has 1 aliphatic rings. The number of rotatable bonds is 5. The van der Waals surface area contributed by atoms with E-state index in [1.165, 1.54) is 0 Å². The van der Waals surface area contributed by atoms with E-state index in [1.54, 1.807) is 6.92 Å². The Morgan fingerprint density at radius 2 is 2.29 bits per heavy atom. The summed E-state index contributed by atoms with van der Waals surface area (Å²) in [5.74, 6) is -1.63. The van der Waals surface area contributed by atoms with Crippen molar-refractivity contribution < 1.29 is 18.7 Å². The fraction of sp³-hybridized carbons (Fsp3) is 0.615. The largest absolute Gasteiger partial charge is 0.444 e. The number of hydrogen-bond acceptors (Lipinski definition) is 5. The Morgan fingerprint density at radius 3 is 2.90 bits per heavy atom. The Bertz CT molecular complexity index is 630. The van der Waals surface area contributed by atoms with Crippen molar-refractivity contribution in [1.29, 1.82) is 0 Å². The fourth-order valence-corrected chi connectivity index (χ4v) is 2.10. The normalized spacial score (nSPS) is 17.9. The summed E-state index contributed by atoms with van der Waals surface area (Å²) in [7, 11) is 0. The van der Waals surface area contributed by atoms with Gasteiger partial charge >= 0.3 is 11.7 Å². The third-order valence-electron chi connectivity index (χ3n) is 3.18. The van der Waals surface area contributed by atoms with Crippen LogP contribution >= 0.6 is 0 Å². The van der Waals surface area contributed by atoms with Crippen molar-refractivity contribution in [3.63, 3.8) is 0 Å². The van der Waals surface area contributed by atoms with Crippen LogP contribution in [0.25, 0.3) is 0 Å². The van der Waals surface area contributed by atoms with Gasteiger partial charge in [0.05, 0.1) is 6.20 Å². The molecule has 0 saturated carbocycles. The van der Waals surface area contributed by atoms with E-state index in [-0.39, 0.29) is 6.42 Å². The summed E-state index contributed by atoms with van der Waals surface area (Å²) >= 11 is 0. The molecule has 0 unspecified atom stereocenters. The van der Waals surface area contributed by atoms with Gasteiger partial charge in [-0.2, -0.15) is 4.39 Å². The number of carbonyl (C=O) groups is 1. The number of halogens is 1. The molecule has 0 spiro atoms. The minimum absolute atomic E-state index is 0.171. The second kappa shape index (κ2) is 6.66. The quantitative estimate of drug-likeness (QED) is 0.750. The van der Waals surface area contributed by atoms with Gasteiger partial charge in [-0.15, -0.1) is 0 Å². The molecule has 0 radical (unpaired) electrons. The SMILES string of the molecule is CCCC(=O)OCn1c(=O)c(F)cn([C@H]2CCCO2)c1=O. The smallest absolute Gasteiger partial charge is 0.336 e. The van der Waals surface area contributed by atoms with E-state index in [0.29, 0.717) is 24.0 Å². The number of ether oxygens (including phenoxy) is 2. The molecule has 2 heterocycles. The molecule has 1 saturated heterocycles. The van der Waals surface area contributed by atoms with Crippen molar-refractivity contribution in [3.05, 3.63) is 32.9 Å². The Hall–Kier alpha value is -1.96. The lowest BCUT2D eigenvalue weighted by Crippen LogP contribution is -2.43. The highest BCUT2D eigenvalue weighted by Crippen LogP contribution is 2.20. The van der Waals surface area contributed by atoms with Crippen molar-refractivity contribution in [3.8, 4) is 0 Å². The van der Waals surface area contributed by atoms with Crippen LogP contribution in [0.2, 0.25) is 0 Å². The number of esters is 1. The molecule has 1 atom stereocenters. The molecule has 1 aromatic rings. The zero-order valence-corrected chi connectivity index (χ0v) is 11.7. The summed E-state index contributed by atoms with van der Waals surface area (Å²) in [6.45, 7) is 1.67. The molecule has 21 heavy (non-hydrogen) atoms. The monoisotopic (exact) mass is 300 g/mol. The van der Waals surface area contributed by atoms with Crippen LogP contribution in [-0.2, 0) is 21.0 Å². The van der Waals surface area contributed by atoms with Crippen LogP contribution < -0.4 is 11.2 Å². The van der Waals surface area contributed by atoms with Gasteiger partial charge in [-0.05, 0) is 19.3 Å². The third kappa shape index (κ3) is 3.38. The van der Waals surface area contributed by atoms with E-state index >= 15 is 0 Å². The van der Waals surface area contributed by atoms with E-state index in [1.807, 2.05) is 0 Å². The molecule has 116 valence electrons.